The number of nitrogens with zero attached hydrogens (tertiary/aromatic N) is 3. The molecule has 1 aromatic heterocycles. The van der Waals surface area contributed by atoms with Crippen LogP contribution in [0.1, 0.15) is 23.4 Å². The van der Waals surface area contributed by atoms with Crippen molar-refractivity contribution in [1.29, 1.82) is 0 Å². The molecular weight excluding hydrogens is 260 g/mol. The molecule has 0 aliphatic carbocycles. The summed E-state index contributed by atoms with van der Waals surface area (Å²) in [6.07, 6.45) is 1.96. The van der Waals surface area contributed by atoms with Crippen LogP contribution in [0, 0.1) is 13.8 Å². The van der Waals surface area contributed by atoms with Gasteiger partial charge in [0.05, 0.1) is 11.4 Å². The Morgan fingerprint density at radius 3 is 2.74 bits per heavy atom. The van der Waals surface area contributed by atoms with Gasteiger partial charge in [-0.05, 0) is 44.4 Å². The second-order valence-electron chi connectivity index (χ2n) is 4.42. The van der Waals surface area contributed by atoms with Crippen LogP contribution in [-0.4, -0.2) is 21.1 Å². The zero-order valence-corrected chi connectivity index (χ0v) is 11.9. The van der Waals surface area contributed by atoms with Gasteiger partial charge in [-0.25, -0.2) is 4.98 Å². The van der Waals surface area contributed by atoms with Crippen molar-refractivity contribution >= 4 is 23.2 Å². The van der Waals surface area contributed by atoms with Gasteiger partial charge < -0.3 is 5.32 Å². The number of alkyl halides is 1. The molecule has 0 spiro atoms. The summed E-state index contributed by atoms with van der Waals surface area (Å²) in [6, 6.07) is 8.19. The Kier molecular flexibility index (Phi) is 4.68. The molecule has 0 unspecified atom stereocenters. The maximum absolute atomic E-state index is 5.71. The number of aryl methyl sites for hydroxylation is 3. The Balaban J connectivity index is 2.11. The van der Waals surface area contributed by atoms with Crippen molar-refractivity contribution in [2.45, 2.75) is 26.7 Å². The van der Waals surface area contributed by atoms with Crippen LogP contribution < -0.4 is 5.32 Å². The summed E-state index contributed by atoms with van der Waals surface area (Å²) >= 11 is 5.71. The molecule has 5 heteroatoms. The van der Waals surface area contributed by atoms with Crippen LogP contribution in [0.15, 0.2) is 24.3 Å². The van der Waals surface area contributed by atoms with Crippen LogP contribution in [-0.2, 0) is 6.42 Å². The van der Waals surface area contributed by atoms with Crippen LogP contribution in [0.3, 0.4) is 0 Å². The Hall–Kier alpha value is -1.68. The molecule has 0 bridgehead atoms. The molecule has 100 valence electrons. The summed E-state index contributed by atoms with van der Waals surface area (Å²) in [5, 5.41) is 11.3. The Bertz CT molecular complexity index is 557. The zero-order valence-electron chi connectivity index (χ0n) is 11.2. The smallest absolute Gasteiger partial charge is 0.247 e. The molecule has 0 aliphatic heterocycles. The fourth-order valence-electron chi connectivity index (χ4n) is 1.71. The maximum atomic E-state index is 5.71. The minimum Gasteiger partial charge on any atom is -0.323 e. The standard InChI is InChI=1S/C14H17ClN4/c1-10-11(2)18-19-14(16-10)17-13-7-3-5-12(9-13)6-4-8-15/h3,5,7,9H,4,6,8H2,1-2H3,(H,16,17,19). The molecule has 4 nitrogen and oxygen atoms in total. The highest BCUT2D eigenvalue weighted by Crippen LogP contribution is 2.16. The van der Waals surface area contributed by atoms with E-state index in [-0.39, 0.29) is 0 Å². The number of hydrogen-bond acceptors (Lipinski definition) is 4. The van der Waals surface area contributed by atoms with E-state index < -0.39 is 0 Å². The number of aromatic nitrogens is 3. The summed E-state index contributed by atoms with van der Waals surface area (Å²) in [4.78, 5) is 4.35. The molecule has 0 radical (unpaired) electrons. The Morgan fingerprint density at radius 2 is 2.00 bits per heavy atom. The number of hydrogen-bond donors (Lipinski definition) is 1. The first kappa shape index (κ1) is 13.7. The lowest BCUT2D eigenvalue weighted by Gasteiger charge is -2.07. The van der Waals surface area contributed by atoms with Crippen LogP contribution in [0.25, 0.3) is 0 Å². The number of halogens is 1. The quantitative estimate of drug-likeness (QED) is 0.851. The normalized spacial score (nSPS) is 10.5. The lowest BCUT2D eigenvalue weighted by molar-refractivity contribution is 0.903. The molecule has 1 N–H and O–H groups in total. The summed E-state index contributed by atoms with van der Waals surface area (Å²) in [5.74, 6) is 1.21. The predicted octanol–water partition coefficient (Wildman–Crippen LogP) is 3.40. The molecule has 0 saturated heterocycles. The van der Waals surface area contributed by atoms with Gasteiger partial charge >= 0.3 is 0 Å². The van der Waals surface area contributed by atoms with Gasteiger partial charge in [0.15, 0.2) is 0 Å². The minimum atomic E-state index is 0.526. The van der Waals surface area contributed by atoms with Crippen molar-refractivity contribution in [1.82, 2.24) is 15.2 Å². The van der Waals surface area contributed by atoms with Gasteiger partial charge in [0.2, 0.25) is 5.95 Å². The van der Waals surface area contributed by atoms with E-state index in [1.807, 2.05) is 26.0 Å². The molecule has 19 heavy (non-hydrogen) atoms. The first-order valence-electron chi connectivity index (χ1n) is 6.29. The molecule has 0 saturated carbocycles. The van der Waals surface area contributed by atoms with Gasteiger partial charge in [0, 0.05) is 11.6 Å². The van der Waals surface area contributed by atoms with Gasteiger partial charge in [-0.3, -0.25) is 0 Å². The van der Waals surface area contributed by atoms with E-state index in [0.717, 1.165) is 29.9 Å². The van der Waals surface area contributed by atoms with Gasteiger partial charge in [-0.2, -0.15) is 5.10 Å². The molecule has 0 fully saturated rings. The highest BCUT2D eigenvalue weighted by atomic mass is 35.5. The number of rotatable bonds is 5. The Labute approximate surface area is 118 Å². The largest absolute Gasteiger partial charge is 0.323 e. The van der Waals surface area contributed by atoms with Crippen molar-refractivity contribution in [3.05, 3.63) is 41.2 Å². The van der Waals surface area contributed by atoms with Crippen molar-refractivity contribution in [3.63, 3.8) is 0 Å². The van der Waals surface area contributed by atoms with Crippen LogP contribution in [0.2, 0.25) is 0 Å². The van der Waals surface area contributed by atoms with Crippen molar-refractivity contribution in [2.75, 3.05) is 11.2 Å². The first-order valence-corrected chi connectivity index (χ1v) is 6.82. The van der Waals surface area contributed by atoms with Gasteiger partial charge in [0.1, 0.15) is 0 Å². The molecule has 0 atom stereocenters. The fraction of sp³-hybridized carbons (Fsp3) is 0.357. The zero-order chi connectivity index (χ0) is 13.7. The SMILES string of the molecule is Cc1nnc(Nc2cccc(CCCCl)c2)nc1C. The van der Waals surface area contributed by atoms with Crippen molar-refractivity contribution in [2.24, 2.45) is 0 Å². The van der Waals surface area contributed by atoms with E-state index >= 15 is 0 Å². The third-order valence-corrected chi connectivity index (χ3v) is 3.14. The van der Waals surface area contributed by atoms with Crippen molar-refractivity contribution in [3.8, 4) is 0 Å². The lowest BCUT2D eigenvalue weighted by Crippen LogP contribution is -2.03. The summed E-state index contributed by atoms with van der Waals surface area (Å²) in [6.45, 7) is 3.82. The molecule has 0 aliphatic rings. The number of benzene rings is 1. The molecule has 0 amide bonds. The highest BCUT2D eigenvalue weighted by molar-refractivity contribution is 6.17. The summed E-state index contributed by atoms with van der Waals surface area (Å²) < 4.78 is 0. The predicted molar refractivity (Wildman–Crippen MR) is 78.1 cm³/mol. The molecule has 1 heterocycles. The second kappa shape index (κ2) is 6.48. The van der Waals surface area contributed by atoms with Crippen LogP contribution >= 0.6 is 11.6 Å². The van der Waals surface area contributed by atoms with E-state index in [9.17, 15) is 0 Å². The monoisotopic (exact) mass is 276 g/mol. The van der Waals surface area contributed by atoms with E-state index in [4.69, 9.17) is 11.6 Å². The third kappa shape index (κ3) is 3.89. The minimum absolute atomic E-state index is 0.526. The maximum Gasteiger partial charge on any atom is 0.247 e. The first-order chi connectivity index (χ1) is 9.19. The molecule has 2 rings (SSSR count). The van der Waals surface area contributed by atoms with E-state index in [1.54, 1.807) is 0 Å². The number of nitrogens with one attached hydrogen (secondary N) is 1. The molecule has 2 aromatic rings. The van der Waals surface area contributed by atoms with Crippen LogP contribution in [0.5, 0.6) is 0 Å². The molecular formula is C14H17ClN4. The fourth-order valence-corrected chi connectivity index (χ4v) is 1.85. The van der Waals surface area contributed by atoms with Gasteiger partial charge in [-0.1, -0.05) is 12.1 Å². The van der Waals surface area contributed by atoms with Crippen molar-refractivity contribution < 1.29 is 0 Å². The summed E-state index contributed by atoms with van der Waals surface area (Å²) in [7, 11) is 0. The van der Waals surface area contributed by atoms with Crippen LogP contribution in [0.4, 0.5) is 11.6 Å². The third-order valence-electron chi connectivity index (χ3n) is 2.87. The van der Waals surface area contributed by atoms with E-state index in [1.165, 1.54) is 5.56 Å². The number of anilines is 2. The highest BCUT2D eigenvalue weighted by Gasteiger charge is 2.02. The van der Waals surface area contributed by atoms with Gasteiger partial charge in [-0.15, -0.1) is 16.7 Å². The summed E-state index contributed by atoms with van der Waals surface area (Å²) in [5.41, 5.74) is 3.96. The van der Waals surface area contributed by atoms with E-state index in [0.29, 0.717) is 11.8 Å². The average Bonchev–Trinajstić information content (AvgIpc) is 2.41. The second-order valence-corrected chi connectivity index (χ2v) is 4.80. The van der Waals surface area contributed by atoms with E-state index in [2.05, 4.69) is 32.6 Å². The lowest BCUT2D eigenvalue weighted by atomic mass is 10.1. The average molecular weight is 277 g/mol. The topological polar surface area (TPSA) is 50.7 Å². The molecule has 1 aromatic carbocycles. The van der Waals surface area contributed by atoms with Gasteiger partial charge in [0.25, 0.3) is 0 Å². The Morgan fingerprint density at radius 1 is 1.16 bits per heavy atom.